The Kier molecular flexibility index (Phi) is 9.95. The molecule has 0 amide bonds. The first kappa shape index (κ1) is 33.2. The highest BCUT2D eigenvalue weighted by Crippen LogP contribution is 2.37. The van der Waals surface area contributed by atoms with E-state index in [2.05, 4.69) is 28.5 Å². The Morgan fingerprint density at radius 1 is 0.660 bits per heavy atom. The average molecular weight is 652 g/mol. The zero-order chi connectivity index (χ0) is 33.7. The fraction of sp³-hybridized carbons (Fsp3) is 0.162. The van der Waals surface area contributed by atoms with Crippen molar-refractivity contribution >= 4 is 0 Å². The minimum atomic E-state index is -4.70. The predicted octanol–water partition coefficient (Wildman–Crippen LogP) is 10.5. The molecule has 0 aliphatic rings. The van der Waals surface area contributed by atoms with Crippen molar-refractivity contribution in [2.24, 2.45) is 0 Å². The fourth-order valence-electron chi connectivity index (χ4n) is 4.79. The molecule has 240 valence electrons. The van der Waals surface area contributed by atoms with Gasteiger partial charge in [-0.15, -0.1) is 0 Å². The molecule has 5 aromatic rings. The lowest BCUT2D eigenvalue weighted by Gasteiger charge is -2.20. The molecule has 0 radical (unpaired) electrons. The highest BCUT2D eigenvalue weighted by molar-refractivity contribution is 5.66. The number of hydrogen-bond acceptors (Lipinski definition) is 2. The molecule has 0 bridgehead atoms. The molecule has 0 saturated carbocycles. The van der Waals surface area contributed by atoms with Gasteiger partial charge in [0, 0.05) is 29.5 Å². The van der Waals surface area contributed by atoms with Crippen LogP contribution >= 0.6 is 0 Å². The summed E-state index contributed by atoms with van der Waals surface area (Å²) in [7, 11) is 0. The molecule has 47 heavy (non-hydrogen) atoms. The van der Waals surface area contributed by atoms with Crippen molar-refractivity contribution in [2.45, 2.75) is 38.7 Å². The molecule has 0 aliphatic heterocycles. The number of ether oxygens (including phenoxy) is 1. The molecule has 0 spiro atoms. The molecule has 0 atom stereocenters. The number of nitrogens with zero attached hydrogens (tertiary/aromatic N) is 1. The average Bonchev–Trinajstić information content (AvgIpc) is 3.03. The van der Waals surface area contributed by atoms with Gasteiger partial charge in [-0.3, -0.25) is 4.98 Å². The molecule has 2 nitrogen and oxygen atoms in total. The van der Waals surface area contributed by atoms with Crippen LogP contribution in [0.4, 0.5) is 35.1 Å². The van der Waals surface area contributed by atoms with Gasteiger partial charge >= 0.3 is 6.11 Å². The number of hydrogen-bond donors (Lipinski definition) is 0. The smallest absolute Gasteiger partial charge is 0.429 e. The van der Waals surface area contributed by atoms with Crippen LogP contribution in [-0.2, 0) is 12.5 Å². The van der Waals surface area contributed by atoms with Crippen LogP contribution in [0.25, 0.3) is 22.4 Å². The van der Waals surface area contributed by atoms with Crippen molar-refractivity contribution in [3.8, 4) is 40.0 Å². The number of rotatable bonds is 9. The number of unbranched alkanes of at least 4 members (excludes halogenated alkanes) is 2. The zero-order valence-electron chi connectivity index (χ0n) is 24.8. The SMILES string of the molecule is CCCCCc1ccc(-c2ccc(C#Cc3ccc(-c4cc(F)c(C(F)(F)Oc5cc(F)c(F)c(F)c5)c(F)c4)cc3)c(F)c2)nc1. The fourth-order valence-corrected chi connectivity index (χ4v) is 4.79. The first-order valence-electron chi connectivity index (χ1n) is 14.5. The van der Waals surface area contributed by atoms with E-state index in [1.807, 2.05) is 12.1 Å². The first-order valence-corrected chi connectivity index (χ1v) is 14.5. The van der Waals surface area contributed by atoms with Gasteiger partial charge < -0.3 is 4.74 Å². The second-order valence-corrected chi connectivity index (χ2v) is 10.7. The number of pyridine rings is 1. The summed E-state index contributed by atoms with van der Waals surface area (Å²) < 4.78 is 118. The molecule has 5 rings (SSSR count). The molecule has 0 saturated heterocycles. The monoisotopic (exact) mass is 651 g/mol. The first-order chi connectivity index (χ1) is 22.4. The van der Waals surface area contributed by atoms with Crippen LogP contribution < -0.4 is 4.74 Å². The van der Waals surface area contributed by atoms with Crippen LogP contribution in [0.3, 0.4) is 0 Å². The van der Waals surface area contributed by atoms with E-state index in [-0.39, 0.29) is 28.8 Å². The maximum Gasteiger partial charge on any atom is 0.432 e. The Labute approximate surface area is 265 Å². The Balaban J connectivity index is 1.29. The molecule has 1 heterocycles. The van der Waals surface area contributed by atoms with E-state index in [9.17, 15) is 35.1 Å². The summed E-state index contributed by atoms with van der Waals surface area (Å²) in [5.74, 6) is -5.13. The third-order valence-electron chi connectivity index (χ3n) is 7.25. The standard InChI is InChI=1S/C37H25F8NO/c1-2-3-4-5-23-9-15-34(46-21-23)26-14-13-25(29(38)16-26)12-8-22-6-10-24(11-7-22)27-17-30(39)35(31(40)18-27)37(44,45)47-28-19-32(41)36(43)33(42)20-28/h6-7,9-11,13-21H,2-5H2,1H3. The Bertz CT molecular complexity index is 1920. The second kappa shape index (κ2) is 14.1. The highest BCUT2D eigenvalue weighted by atomic mass is 19.3. The van der Waals surface area contributed by atoms with E-state index in [1.165, 1.54) is 30.3 Å². The number of benzene rings is 4. The Hall–Kier alpha value is -5.17. The van der Waals surface area contributed by atoms with Crippen molar-refractivity contribution in [1.29, 1.82) is 0 Å². The zero-order valence-corrected chi connectivity index (χ0v) is 24.8. The van der Waals surface area contributed by atoms with Crippen LogP contribution in [0.15, 0.2) is 85.1 Å². The van der Waals surface area contributed by atoms with E-state index >= 15 is 0 Å². The third kappa shape index (κ3) is 7.80. The number of halogens is 8. The van der Waals surface area contributed by atoms with Gasteiger partial charge in [0.25, 0.3) is 0 Å². The van der Waals surface area contributed by atoms with Gasteiger partial charge in [0.05, 0.1) is 11.3 Å². The minimum Gasteiger partial charge on any atom is -0.429 e. The number of alkyl halides is 2. The van der Waals surface area contributed by atoms with Crippen molar-refractivity contribution in [3.05, 3.63) is 142 Å². The maximum absolute atomic E-state index is 14.9. The topological polar surface area (TPSA) is 22.1 Å². The summed E-state index contributed by atoms with van der Waals surface area (Å²) in [6.07, 6.45) is 1.39. The van der Waals surface area contributed by atoms with Crippen LogP contribution in [0.2, 0.25) is 0 Å². The molecule has 10 heteroatoms. The van der Waals surface area contributed by atoms with E-state index in [0.29, 0.717) is 29.0 Å². The molecule has 0 aliphatic carbocycles. The third-order valence-corrected chi connectivity index (χ3v) is 7.25. The Morgan fingerprint density at radius 3 is 1.89 bits per heavy atom. The lowest BCUT2D eigenvalue weighted by Crippen LogP contribution is -2.25. The van der Waals surface area contributed by atoms with Crippen molar-refractivity contribution in [3.63, 3.8) is 0 Å². The van der Waals surface area contributed by atoms with Crippen molar-refractivity contribution in [1.82, 2.24) is 4.98 Å². The molecular weight excluding hydrogens is 626 g/mol. The van der Waals surface area contributed by atoms with Gasteiger partial charge in [-0.1, -0.05) is 55.9 Å². The van der Waals surface area contributed by atoms with Crippen molar-refractivity contribution < 1.29 is 39.9 Å². The lowest BCUT2D eigenvalue weighted by molar-refractivity contribution is -0.189. The van der Waals surface area contributed by atoms with Gasteiger partial charge in [0.15, 0.2) is 17.5 Å². The largest absolute Gasteiger partial charge is 0.432 e. The Morgan fingerprint density at radius 2 is 1.30 bits per heavy atom. The van der Waals surface area contributed by atoms with Crippen LogP contribution in [0.5, 0.6) is 5.75 Å². The van der Waals surface area contributed by atoms with Crippen LogP contribution in [-0.4, -0.2) is 4.98 Å². The second-order valence-electron chi connectivity index (χ2n) is 10.7. The lowest BCUT2D eigenvalue weighted by atomic mass is 10.0. The van der Waals surface area contributed by atoms with Gasteiger partial charge in [-0.05, 0) is 72.0 Å². The van der Waals surface area contributed by atoms with Gasteiger partial charge in [0.2, 0.25) is 0 Å². The number of aromatic nitrogens is 1. The highest BCUT2D eigenvalue weighted by Gasteiger charge is 2.41. The summed E-state index contributed by atoms with van der Waals surface area (Å²) in [6, 6.07) is 15.8. The minimum absolute atomic E-state index is 0.109. The predicted molar refractivity (Wildman–Crippen MR) is 161 cm³/mol. The summed E-state index contributed by atoms with van der Waals surface area (Å²) in [5.41, 5.74) is 1.26. The quantitative estimate of drug-likeness (QED) is 0.0685. The summed E-state index contributed by atoms with van der Waals surface area (Å²) in [4.78, 5) is 4.45. The van der Waals surface area contributed by atoms with E-state index < -0.39 is 52.3 Å². The van der Waals surface area contributed by atoms with Gasteiger partial charge in [-0.2, -0.15) is 8.78 Å². The normalized spacial score (nSPS) is 11.3. The van der Waals surface area contributed by atoms with Gasteiger partial charge in [0.1, 0.15) is 28.8 Å². The summed E-state index contributed by atoms with van der Waals surface area (Å²) >= 11 is 0. The molecule has 1 aromatic heterocycles. The number of aryl methyl sites for hydroxylation is 1. The maximum atomic E-state index is 14.9. The van der Waals surface area contributed by atoms with E-state index in [1.54, 1.807) is 18.3 Å². The molecule has 4 aromatic carbocycles. The van der Waals surface area contributed by atoms with E-state index in [4.69, 9.17) is 0 Å². The summed E-state index contributed by atoms with van der Waals surface area (Å²) in [6.45, 7) is 2.14. The van der Waals surface area contributed by atoms with Crippen LogP contribution in [0.1, 0.15) is 48.4 Å². The van der Waals surface area contributed by atoms with Gasteiger partial charge in [-0.25, -0.2) is 26.3 Å². The molecular formula is C37H25F8NO. The van der Waals surface area contributed by atoms with Crippen molar-refractivity contribution in [2.75, 3.05) is 0 Å². The molecule has 0 N–H and O–H groups in total. The van der Waals surface area contributed by atoms with Crippen LogP contribution in [0, 0.1) is 46.7 Å². The molecule has 0 unspecified atom stereocenters. The molecule has 0 fully saturated rings. The summed E-state index contributed by atoms with van der Waals surface area (Å²) in [5, 5.41) is 0. The van der Waals surface area contributed by atoms with E-state index in [0.717, 1.165) is 31.2 Å².